The van der Waals surface area contributed by atoms with Crippen LogP contribution in [0.25, 0.3) is 0 Å². The lowest BCUT2D eigenvalue weighted by Crippen LogP contribution is -2.38. The molecule has 2 aromatic rings. The van der Waals surface area contributed by atoms with Crippen molar-refractivity contribution in [2.24, 2.45) is 0 Å². The van der Waals surface area contributed by atoms with Crippen molar-refractivity contribution in [2.75, 3.05) is 20.1 Å². The van der Waals surface area contributed by atoms with E-state index >= 15 is 0 Å². The molecule has 0 saturated carbocycles. The van der Waals surface area contributed by atoms with Crippen LogP contribution in [-0.2, 0) is 16.1 Å². The first-order chi connectivity index (χ1) is 12.4. The van der Waals surface area contributed by atoms with Gasteiger partial charge in [-0.15, -0.1) is 11.3 Å². The highest BCUT2D eigenvalue weighted by Gasteiger charge is 2.32. The first kappa shape index (κ1) is 18.6. The van der Waals surface area contributed by atoms with Crippen molar-refractivity contribution in [3.8, 4) is 0 Å². The molecule has 1 aromatic carbocycles. The number of rotatable bonds is 6. The average molecular weight is 372 g/mol. The fraction of sp³-hybridized carbons (Fsp3) is 0.450. The summed E-state index contributed by atoms with van der Waals surface area (Å²) in [6.45, 7) is 5.45. The maximum atomic E-state index is 12.5. The van der Waals surface area contributed by atoms with Crippen LogP contribution in [0.2, 0.25) is 0 Å². The van der Waals surface area contributed by atoms with Gasteiger partial charge in [-0.1, -0.05) is 44.2 Å². The van der Waals surface area contributed by atoms with E-state index in [2.05, 4.69) is 18.8 Å². The van der Waals surface area contributed by atoms with E-state index in [4.69, 9.17) is 0 Å². The summed E-state index contributed by atoms with van der Waals surface area (Å²) in [5.41, 5.74) is 2.07. The zero-order valence-electron chi connectivity index (χ0n) is 15.5. The lowest BCUT2D eigenvalue weighted by molar-refractivity contribution is -0.137. The summed E-state index contributed by atoms with van der Waals surface area (Å²) in [6.07, 6.45) is 0.477. The Morgan fingerprint density at radius 2 is 2.08 bits per heavy atom. The summed E-state index contributed by atoms with van der Waals surface area (Å²) in [7, 11) is 1.77. The van der Waals surface area contributed by atoms with Crippen LogP contribution in [0.5, 0.6) is 0 Å². The number of benzene rings is 1. The highest BCUT2D eigenvalue weighted by molar-refractivity contribution is 7.09. The van der Waals surface area contributed by atoms with Crippen LogP contribution in [0, 0.1) is 0 Å². The number of aromatic nitrogens is 1. The smallest absolute Gasteiger partial charge is 0.242 e. The number of nitrogens with zero attached hydrogens (tertiary/aromatic N) is 3. The summed E-state index contributed by atoms with van der Waals surface area (Å²) in [6, 6.07) is 10.0. The van der Waals surface area contributed by atoms with Crippen LogP contribution in [0.1, 0.15) is 48.4 Å². The predicted molar refractivity (Wildman–Crippen MR) is 103 cm³/mol. The van der Waals surface area contributed by atoms with Gasteiger partial charge in [-0.25, -0.2) is 4.98 Å². The highest BCUT2D eigenvalue weighted by Crippen LogP contribution is 2.28. The van der Waals surface area contributed by atoms with Crippen LogP contribution in [0.15, 0.2) is 35.7 Å². The van der Waals surface area contributed by atoms with Crippen molar-refractivity contribution < 1.29 is 9.59 Å². The van der Waals surface area contributed by atoms with E-state index in [0.29, 0.717) is 25.4 Å². The summed E-state index contributed by atoms with van der Waals surface area (Å²) in [5.74, 6) is 0.573. The van der Waals surface area contributed by atoms with Gasteiger partial charge in [-0.3, -0.25) is 9.59 Å². The normalized spacial score (nSPS) is 17.2. The lowest BCUT2D eigenvalue weighted by atomic mass is 9.99. The molecule has 1 aliphatic rings. The molecule has 6 heteroatoms. The van der Waals surface area contributed by atoms with Crippen molar-refractivity contribution >= 4 is 23.2 Å². The fourth-order valence-corrected chi connectivity index (χ4v) is 3.98. The molecule has 2 heterocycles. The summed E-state index contributed by atoms with van der Waals surface area (Å²) in [5, 5.41) is 3.09. The molecule has 2 amide bonds. The molecular formula is C20H25N3O2S. The third-order valence-electron chi connectivity index (χ3n) is 4.70. The molecule has 1 atom stereocenters. The molecule has 1 aliphatic heterocycles. The Labute approximate surface area is 158 Å². The molecule has 1 aromatic heterocycles. The van der Waals surface area contributed by atoms with E-state index in [-0.39, 0.29) is 24.3 Å². The second kappa shape index (κ2) is 7.99. The summed E-state index contributed by atoms with van der Waals surface area (Å²) in [4.78, 5) is 32.7. The topological polar surface area (TPSA) is 53.5 Å². The Bertz CT molecular complexity index is 772. The monoisotopic (exact) mass is 371 g/mol. The quantitative estimate of drug-likeness (QED) is 0.783. The first-order valence-electron chi connectivity index (χ1n) is 8.95. The number of carbonyl (C=O) groups excluding carboxylic acids is 2. The highest BCUT2D eigenvalue weighted by atomic mass is 32.1. The molecule has 3 rings (SSSR count). The van der Waals surface area contributed by atoms with Gasteiger partial charge in [0.15, 0.2) is 0 Å². The molecular weight excluding hydrogens is 346 g/mol. The molecule has 0 radical (unpaired) electrons. The van der Waals surface area contributed by atoms with Crippen LogP contribution in [0.3, 0.4) is 0 Å². The van der Waals surface area contributed by atoms with Crippen molar-refractivity contribution in [2.45, 2.75) is 38.6 Å². The average Bonchev–Trinajstić information content (AvgIpc) is 3.23. The minimum absolute atomic E-state index is 0.0499. The molecule has 138 valence electrons. The molecule has 0 bridgehead atoms. The fourth-order valence-electron chi connectivity index (χ4n) is 3.15. The number of hydrogen-bond acceptors (Lipinski definition) is 4. The summed E-state index contributed by atoms with van der Waals surface area (Å²) >= 11 is 1.63. The van der Waals surface area contributed by atoms with Gasteiger partial charge in [-0.05, 0) is 5.56 Å². The van der Waals surface area contributed by atoms with E-state index in [1.807, 2.05) is 35.7 Å². The minimum Gasteiger partial charge on any atom is -0.338 e. The number of likely N-dealkylation sites (tertiary alicyclic amines) is 1. The van der Waals surface area contributed by atoms with Crippen LogP contribution >= 0.6 is 11.3 Å². The molecule has 0 spiro atoms. The third-order valence-corrected chi connectivity index (χ3v) is 5.89. The molecule has 0 aliphatic carbocycles. The van der Waals surface area contributed by atoms with Gasteiger partial charge < -0.3 is 9.80 Å². The van der Waals surface area contributed by atoms with Crippen LogP contribution < -0.4 is 0 Å². The van der Waals surface area contributed by atoms with Crippen LogP contribution in [0.4, 0.5) is 0 Å². The molecule has 5 nitrogen and oxygen atoms in total. The Balaban J connectivity index is 1.56. The predicted octanol–water partition coefficient (Wildman–Crippen LogP) is 3.24. The van der Waals surface area contributed by atoms with Gasteiger partial charge >= 0.3 is 0 Å². The van der Waals surface area contributed by atoms with Gasteiger partial charge in [0, 0.05) is 37.2 Å². The SMILES string of the molecule is CC(C)c1nc(CN(C)C(=O)CN2C[C@H](c3ccccc3)CC2=O)cs1. The van der Waals surface area contributed by atoms with Crippen LogP contribution in [-0.4, -0.2) is 46.7 Å². The van der Waals surface area contributed by atoms with E-state index < -0.39 is 0 Å². The second-order valence-corrected chi connectivity index (χ2v) is 8.06. The number of hydrogen-bond donors (Lipinski definition) is 0. The van der Waals surface area contributed by atoms with E-state index in [0.717, 1.165) is 16.3 Å². The van der Waals surface area contributed by atoms with Gasteiger partial charge in [-0.2, -0.15) is 0 Å². The number of amides is 2. The first-order valence-corrected chi connectivity index (χ1v) is 9.83. The Morgan fingerprint density at radius 3 is 2.73 bits per heavy atom. The second-order valence-electron chi connectivity index (χ2n) is 7.17. The Morgan fingerprint density at radius 1 is 1.35 bits per heavy atom. The molecule has 0 unspecified atom stereocenters. The van der Waals surface area contributed by atoms with Crippen molar-refractivity contribution in [3.05, 3.63) is 52.0 Å². The Kier molecular flexibility index (Phi) is 5.71. The zero-order valence-corrected chi connectivity index (χ0v) is 16.3. The molecule has 1 saturated heterocycles. The molecule has 1 fully saturated rings. The zero-order chi connectivity index (χ0) is 18.7. The van der Waals surface area contributed by atoms with E-state index in [1.165, 1.54) is 0 Å². The van der Waals surface area contributed by atoms with Gasteiger partial charge in [0.25, 0.3) is 0 Å². The van der Waals surface area contributed by atoms with Gasteiger partial charge in [0.2, 0.25) is 11.8 Å². The number of thiazole rings is 1. The molecule has 0 N–H and O–H groups in total. The van der Waals surface area contributed by atoms with E-state index in [1.54, 1.807) is 28.2 Å². The Hall–Kier alpha value is -2.21. The third kappa shape index (κ3) is 4.30. The van der Waals surface area contributed by atoms with Crippen molar-refractivity contribution in [3.63, 3.8) is 0 Å². The summed E-state index contributed by atoms with van der Waals surface area (Å²) < 4.78 is 0. The van der Waals surface area contributed by atoms with Crippen molar-refractivity contribution in [1.29, 1.82) is 0 Å². The number of likely N-dealkylation sites (N-methyl/N-ethyl adjacent to an activating group) is 1. The largest absolute Gasteiger partial charge is 0.338 e. The van der Waals surface area contributed by atoms with Crippen molar-refractivity contribution in [1.82, 2.24) is 14.8 Å². The van der Waals surface area contributed by atoms with Gasteiger partial charge in [0.05, 0.1) is 23.8 Å². The van der Waals surface area contributed by atoms with E-state index in [9.17, 15) is 9.59 Å². The number of carbonyl (C=O) groups is 2. The maximum Gasteiger partial charge on any atom is 0.242 e. The lowest BCUT2D eigenvalue weighted by Gasteiger charge is -2.21. The van der Waals surface area contributed by atoms with Gasteiger partial charge in [0.1, 0.15) is 0 Å². The standard InChI is InChI=1S/C20H25N3O2S/c1-14(2)20-21-17(13-26-20)11-22(3)19(25)12-23-10-16(9-18(23)24)15-7-5-4-6-8-15/h4-8,13-14,16H,9-12H2,1-3H3/t16-/m1/s1. The maximum absolute atomic E-state index is 12.5. The minimum atomic E-state index is -0.0499. The molecule has 26 heavy (non-hydrogen) atoms.